The lowest BCUT2D eigenvalue weighted by Crippen LogP contribution is -2.54. The minimum atomic E-state index is -1.56. The second-order valence-electron chi connectivity index (χ2n) is 10.8. The number of aliphatic hydroxyl groups is 1. The first-order chi connectivity index (χ1) is 18.3. The predicted octanol–water partition coefficient (Wildman–Crippen LogP) is 4.78. The van der Waals surface area contributed by atoms with E-state index in [1.807, 2.05) is 7.05 Å². The van der Waals surface area contributed by atoms with E-state index in [0.29, 0.717) is 44.8 Å². The summed E-state index contributed by atoms with van der Waals surface area (Å²) in [6.07, 6.45) is 8.55. The number of methoxy groups -OCH3 is 1. The van der Waals surface area contributed by atoms with Gasteiger partial charge in [-0.25, -0.2) is 14.0 Å². The van der Waals surface area contributed by atoms with Crippen LogP contribution in [0.25, 0.3) is 0 Å². The molecule has 1 heterocycles. The van der Waals surface area contributed by atoms with Crippen molar-refractivity contribution in [2.75, 3.05) is 40.3 Å². The number of hydrogen-bond acceptors (Lipinski definition) is 5. The van der Waals surface area contributed by atoms with Gasteiger partial charge in [-0.1, -0.05) is 55.8 Å². The van der Waals surface area contributed by atoms with Gasteiger partial charge in [-0.15, -0.1) is 0 Å². The highest BCUT2D eigenvalue weighted by Crippen LogP contribution is 2.41. The number of amides is 3. The molecule has 2 fully saturated rings. The monoisotopic (exact) mass is 554 g/mol. The lowest BCUT2D eigenvalue weighted by molar-refractivity contribution is -0.0576. The summed E-state index contributed by atoms with van der Waals surface area (Å²) < 4.78 is 19.8. The van der Waals surface area contributed by atoms with Crippen LogP contribution in [0.1, 0.15) is 69.8 Å². The first-order valence-corrected chi connectivity index (χ1v) is 14.3. The summed E-state index contributed by atoms with van der Waals surface area (Å²) >= 11 is 6.09. The Balaban J connectivity index is 1.72. The van der Waals surface area contributed by atoms with Crippen LogP contribution in [0.4, 0.5) is 14.0 Å². The quantitative estimate of drug-likeness (QED) is 0.295. The van der Waals surface area contributed by atoms with Crippen molar-refractivity contribution in [1.82, 2.24) is 20.9 Å². The van der Waals surface area contributed by atoms with Gasteiger partial charge in [-0.05, 0) is 51.1 Å². The Morgan fingerprint density at radius 2 is 2.00 bits per heavy atom. The molecule has 3 atom stereocenters. The average molecular weight is 555 g/mol. The third kappa shape index (κ3) is 8.20. The third-order valence-corrected chi connectivity index (χ3v) is 8.40. The van der Waals surface area contributed by atoms with Crippen LogP contribution >= 0.6 is 11.6 Å². The summed E-state index contributed by atoms with van der Waals surface area (Å²) in [6.45, 7) is 1.84. The minimum Gasteiger partial charge on any atom is -0.453 e. The molecule has 3 amide bonds. The molecule has 3 rings (SSSR count). The topological polar surface area (TPSA) is 103 Å². The predicted molar refractivity (Wildman–Crippen MR) is 147 cm³/mol. The van der Waals surface area contributed by atoms with Crippen molar-refractivity contribution in [3.8, 4) is 0 Å². The van der Waals surface area contributed by atoms with E-state index < -0.39 is 23.4 Å². The van der Waals surface area contributed by atoms with Crippen molar-refractivity contribution < 1.29 is 23.8 Å². The Morgan fingerprint density at radius 3 is 2.71 bits per heavy atom. The summed E-state index contributed by atoms with van der Waals surface area (Å²) in [5, 5.41) is 21.0. The van der Waals surface area contributed by atoms with Crippen LogP contribution in [-0.2, 0) is 10.3 Å². The molecule has 3 unspecified atom stereocenters. The molecule has 0 aromatic heterocycles. The molecule has 10 heteroatoms. The maximum absolute atomic E-state index is 15.2. The zero-order valence-electron chi connectivity index (χ0n) is 22.7. The first-order valence-electron chi connectivity index (χ1n) is 14.0. The Morgan fingerprint density at radius 1 is 1.24 bits per heavy atom. The summed E-state index contributed by atoms with van der Waals surface area (Å²) in [5.74, 6) is -0.416. The number of ether oxygens (including phenoxy) is 1. The zero-order valence-corrected chi connectivity index (χ0v) is 23.5. The lowest BCUT2D eigenvalue weighted by atomic mass is 9.74. The number of halogens is 2. The molecule has 0 bridgehead atoms. The van der Waals surface area contributed by atoms with Gasteiger partial charge in [0.25, 0.3) is 0 Å². The number of alkyl carbamates (subject to hydrolysis) is 1. The van der Waals surface area contributed by atoms with Crippen LogP contribution in [0.15, 0.2) is 18.2 Å². The van der Waals surface area contributed by atoms with Gasteiger partial charge in [-0.3, -0.25) is 0 Å². The molecule has 1 aliphatic heterocycles. The summed E-state index contributed by atoms with van der Waals surface area (Å²) in [6, 6.07) is 4.52. The Kier molecular flexibility index (Phi) is 11.9. The zero-order chi connectivity index (χ0) is 27.5. The second-order valence-corrected chi connectivity index (χ2v) is 11.2. The number of rotatable bonds is 11. The summed E-state index contributed by atoms with van der Waals surface area (Å²) in [5.41, 5.74) is -1.43. The van der Waals surface area contributed by atoms with E-state index in [1.54, 1.807) is 17.0 Å². The fourth-order valence-electron chi connectivity index (χ4n) is 6.10. The highest BCUT2D eigenvalue weighted by atomic mass is 35.5. The highest BCUT2D eigenvalue weighted by Gasteiger charge is 2.43. The molecule has 0 spiro atoms. The van der Waals surface area contributed by atoms with Crippen LogP contribution in [0.5, 0.6) is 0 Å². The smallest absolute Gasteiger partial charge is 0.406 e. The van der Waals surface area contributed by atoms with Gasteiger partial charge >= 0.3 is 12.1 Å². The molecule has 1 aromatic rings. The maximum Gasteiger partial charge on any atom is 0.406 e. The molecule has 1 saturated carbocycles. The number of likely N-dealkylation sites (tertiary alicyclic amines) is 1. The molecule has 214 valence electrons. The molecule has 38 heavy (non-hydrogen) atoms. The minimum absolute atomic E-state index is 0.0321. The molecule has 1 saturated heterocycles. The van der Waals surface area contributed by atoms with Gasteiger partial charge in [0.1, 0.15) is 5.82 Å². The van der Waals surface area contributed by atoms with Gasteiger partial charge in [0.2, 0.25) is 0 Å². The van der Waals surface area contributed by atoms with E-state index in [-0.39, 0.29) is 35.6 Å². The fraction of sp³-hybridized carbons (Fsp3) is 0.714. The van der Waals surface area contributed by atoms with E-state index in [2.05, 4.69) is 20.7 Å². The van der Waals surface area contributed by atoms with Gasteiger partial charge in [0.05, 0.1) is 17.7 Å². The highest BCUT2D eigenvalue weighted by molar-refractivity contribution is 6.30. The van der Waals surface area contributed by atoms with Crippen molar-refractivity contribution in [1.29, 1.82) is 0 Å². The maximum atomic E-state index is 15.2. The molecule has 4 N–H and O–H groups in total. The average Bonchev–Trinajstić information content (AvgIpc) is 2.93. The standard InChI is InChI=1S/C28H44ClFN4O4/c1-31-18-22(17-20-9-4-3-5-10-20)33-26(35)34-16-7-11-21(19-34)28(37,14-8-15-32-27(36)38-2)23-12-6-13-24(29)25(23)30/h6,12-13,20-22,31,37H,3-5,7-11,14-19H2,1-2H3,(H,32,36)(H,33,35). The van der Waals surface area contributed by atoms with E-state index in [4.69, 9.17) is 11.6 Å². The van der Waals surface area contributed by atoms with Gasteiger partial charge < -0.3 is 30.7 Å². The van der Waals surface area contributed by atoms with Crippen molar-refractivity contribution >= 4 is 23.7 Å². The van der Waals surface area contributed by atoms with Crippen molar-refractivity contribution in [3.05, 3.63) is 34.6 Å². The third-order valence-electron chi connectivity index (χ3n) is 8.11. The Labute approximate surface area is 231 Å². The van der Waals surface area contributed by atoms with E-state index >= 15 is 4.39 Å². The lowest BCUT2D eigenvalue weighted by Gasteiger charge is -2.43. The second kappa shape index (κ2) is 14.9. The van der Waals surface area contributed by atoms with E-state index in [9.17, 15) is 14.7 Å². The van der Waals surface area contributed by atoms with Crippen LogP contribution < -0.4 is 16.0 Å². The number of carbonyl (C=O) groups is 2. The number of hydrogen-bond donors (Lipinski definition) is 4. The fourth-order valence-corrected chi connectivity index (χ4v) is 6.27. The number of urea groups is 1. The van der Waals surface area contributed by atoms with Gasteiger partial charge in [0.15, 0.2) is 0 Å². The normalized spacial score (nSPS) is 20.9. The Bertz CT molecular complexity index is 917. The van der Waals surface area contributed by atoms with Crippen molar-refractivity contribution in [3.63, 3.8) is 0 Å². The van der Waals surface area contributed by atoms with Crippen LogP contribution in [-0.4, -0.2) is 68.5 Å². The van der Waals surface area contributed by atoms with Crippen LogP contribution in [0.3, 0.4) is 0 Å². The number of nitrogens with one attached hydrogen (secondary N) is 3. The SMILES string of the molecule is CNCC(CC1CCCCC1)NC(=O)N1CCCC(C(O)(CCCNC(=O)OC)c2cccc(Cl)c2F)C1. The molecular weight excluding hydrogens is 511 g/mol. The van der Waals surface area contributed by atoms with Gasteiger partial charge in [0, 0.05) is 43.7 Å². The number of benzene rings is 1. The molecule has 1 aliphatic carbocycles. The molecule has 2 aliphatic rings. The molecule has 0 radical (unpaired) electrons. The molecule has 8 nitrogen and oxygen atoms in total. The first kappa shape index (κ1) is 30.4. The summed E-state index contributed by atoms with van der Waals surface area (Å²) in [4.78, 5) is 26.6. The van der Waals surface area contributed by atoms with Crippen molar-refractivity contribution in [2.45, 2.75) is 75.9 Å². The van der Waals surface area contributed by atoms with E-state index in [1.165, 1.54) is 45.3 Å². The van der Waals surface area contributed by atoms with E-state index in [0.717, 1.165) is 6.42 Å². The number of piperidine rings is 1. The van der Waals surface area contributed by atoms with Crippen LogP contribution in [0, 0.1) is 17.7 Å². The molecular formula is C28H44ClFN4O4. The largest absolute Gasteiger partial charge is 0.453 e. The number of likely N-dealkylation sites (N-methyl/N-ethyl adjacent to an activating group) is 1. The van der Waals surface area contributed by atoms with Crippen molar-refractivity contribution in [2.24, 2.45) is 11.8 Å². The number of nitrogens with zero attached hydrogens (tertiary/aromatic N) is 1. The summed E-state index contributed by atoms with van der Waals surface area (Å²) in [7, 11) is 3.18. The van der Waals surface area contributed by atoms with Crippen LogP contribution in [0.2, 0.25) is 5.02 Å². The van der Waals surface area contributed by atoms with Gasteiger partial charge in [-0.2, -0.15) is 0 Å². The number of carbonyl (C=O) groups excluding carboxylic acids is 2. The molecule has 1 aromatic carbocycles. The Hall–Kier alpha value is -2.10.